The van der Waals surface area contributed by atoms with Crippen molar-refractivity contribution in [1.29, 1.82) is 0 Å². The number of hydrogen-bond acceptors (Lipinski definition) is 4. The van der Waals surface area contributed by atoms with Crippen LogP contribution >= 0.6 is 38.6 Å². The smallest absolute Gasteiger partial charge is 0.0809 e. The third kappa shape index (κ3) is 3.72. The van der Waals surface area contributed by atoms with E-state index in [-0.39, 0.29) is 0 Å². The molecule has 1 N–H and O–H groups in total. The third-order valence-corrected chi connectivity index (χ3v) is 5.90. The molecule has 0 saturated heterocycles. The number of rotatable bonds is 6. The number of nitrogens with zero attached hydrogens (tertiary/aromatic N) is 1. The lowest BCUT2D eigenvalue weighted by Gasteiger charge is -2.18. The quantitative estimate of drug-likeness (QED) is 0.618. The molecule has 0 aliphatic carbocycles. The minimum absolute atomic E-state index is 0.328. The summed E-state index contributed by atoms with van der Waals surface area (Å²) in [6.45, 7) is 3.23. The molecule has 5 heteroatoms. The summed E-state index contributed by atoms with van der Waals surface area (Å²) in [4.78, 5) is 5.97. The number of nitrogens with one attached hydrogen (secondary N) is 1. The van der Waals surface area contributed by atoms with Crippen LogP contribution in [0.5, 0.6) is 0 Å². The van der Waals surface area contributed by atoms with Crippen LogP contribution in [0.1, 0.15) is 29.8 Å². The van der Waals surface area contributed by atoms with Crippen molar-refractivity contribution in [2.75, 3.05) is 6.54 Å². The SMILES string of the molecule is CCCNC(Cc1ccc(Br)s1)c1cnc2ccsc2c1. The second-order valence-corrected chi connectivity index (χ2v) is 8.48. The zero-order chi connectivity index (χ0) is 14.7. The molecular weight excluding hydrogens is 364 g/mol. The van der Waals surface area contributed by atoms with Crippen molar-refractivity contribution >= 4 is 48.8 Å². The molecule has 1 unspecified atom stereocenters. The molecular formula is C16H17BrN2S2. The number of pyridine rings is 1. The summed E-state index contributed by atoms with van der Waals surface area (Å²) in [5, 5.41) is 5.76. The molecule has 21 heavy (non-hydrogen) atoms. The Bertz CT molecular complexity index is 720. The van der Waals surface area contributed by atoms with Crippen LogP contribution < -0.4 is 5.32 Å². The van der Waals surface area contributed by atoms with E-state index in [1.165, 1.54) is 18.9 Å². The maximum absolute atomic E-state index is 4.58. The summed E-state index contributed by atoms with van der Waals surface area (Å²) < 4.78 is 2.46. The fourth-order valence-corrected chi connectivity index (χ4v) is 4.66. The second-order valence-electron chi connectivity index (χ2n) is 4.99. The monoisotopic (exact) mass is 380 g/mol. The van der Waals surface area contributed by atoms with Gasteiger partial charge in [-0.1, -0.05) is 6.92 Å². The maximum atomic E-state index is 4.58. The van der Waals surface area contributed by atoms with Crippen molar-refractivity contribution in [3.05, 3.63) is 50.1 Å². The molecule has 1 atom stereocenters. The van der Waals surface area contributed by atoms with Gasteiger partial charge in [0.25, 0.3) is 0 Å². The van der Waals surface area contributed by atoms with Crippen LogP contribution in [0.4, 0.5) is 0 Å². The highest BCUT2D eigenvalue weighted by atomic mass is 79.9. The van der Waals surface area contributed by atoms with E-state index in [1.54, 1.807) is 11.3 Å². The summed E-state index contributed by atoms with van der Waals surface area (Å²) in [5.41, 5.74) is 2.37. The van der Waals surface area contributed by atoms with Gasteiger partial charge in [0.15, 0.2) is 0 Å². The van der Waals surface area contributed by atoms with Crippen LogP contribution in [0.25, 0.3) is 10.2 Å². The zero-order valence-corrected chi connectivity index (χ0v) is 15.0. The van der Waals surface area contributed by atoms with E-state index < -0.39 is 0 Å². The summed E-state index contributed by atoms with van der Waals surface area (Å²) in [5.74, 6) is 0. The van der Waals surface area contributed by atoms with Gasteiger partial charge in [-0.15, -0.1) is 22.7 Å². The van der Waals surface area contributed by atoms with Crippen molar-refractivity contribution in [2.45, 2.75) is 25.8 Å². The Kier molecular flexibility index (Phi) is 5.06. The lowest BCUT2D eigenvalue weighted by Crippen LogP contribution is -2.23. The van der Waals surface area contributed by atoms with E-state index in [0.717, 1.165) is 24.9 Å². The highest BCUT2D eigenvalue weighted by molar-refractivity contribution is 9.11. The summed E-state index contributed by atoms with van der Waals surface area (Å²) in [6, 6.07) is 9.01. The first-order chi connectivity index (χ1) is 10.3. The van der Waals surface area contributed by atoms with Crippen molar-refractivity contribution in [2.24, 2.45) is 0 Å². The Labute approximate surface area is 141 Å². The van der Waals surface area contributed by atoms with E-state index in [4.69, 9.17) is 0 Å². The molecule has 0 aliphatic heterocycles. The first kappa shape index (κ1) is 15.2. The van der Waals surface area contributed by atoms with Gasteiger partial charge in [0.2, 0.25) is 0 Å². The number of hydrogen-bond donors (Lipinski definition) is 1. The van der Waals surface area contributed by atoms with Gasteiger partial charge in [0.05, 0.1) is 14.0 Å². The molecule has 0 spiro atoms. The Morgan fingerprint density at radius 2 is 2.24 bits per heavy atom. The van der Waals surface area contributed by atoms with Gasteiger partial charge >= 0.3 is 0 Å². The van der Waals surface area contributed by atoms with Crippen LogP contribution in [0.15, 0.2) is 39.6 Å². The van der Waals surface area contributed by atoms with Gasteiger partial charge in [-0.3, -0.25) is 4.98 Å². The molecule has 0 bridgehead atoms. The average molecular weight is 381 g/mol. The number of fused-ring (bicyclic) bond motifs is 1. The Morgan fingerprint density at radius 1 is 1.33 bits per heavy atom. The van der Waals surface area contributed by atoms with Crippen LogP contribution in [-0.2, 0) is 6.42 Å². The molecule has 0 radical (unpaired) electrons. The van der Waals surface area contributed by atoms with Crippen molar-refractivity contribution in [3.63, 3.8) is 0 Å². The number of thiophene rings is 2. The number of halogens is 1. The standard InChI is InChI=1S/C16H17BrN2S2/c1-2-6-18-14(9-12-3-4-16(17)21-12)11-8-15-13(19-10-11)5-7-20-15/h3-5,7-8,10,14,18H,2,6,9H2,1H3. The zero-order valence-electron chi connectivity index (χ0n) is 11.8. The van der Waals surface area contributed by atoms with E-state index in [1.807, 2.05) is 17.5 Å². The molecule has 0 saturated carbocycles. The molecule has 3 rings (SSSR count). The minimum atomic E-state index is 0.328. The molecule has 110 valence electrons. The largest absolute Gasteiger partial charge is 0.310 e. The lowest BCUT2D eigenvalue weighted by atomic mass is 10.0. The molecule has 3 aromatic rings. The van der Waals surface area contributed by atoms with Gasteiger partial charge in [-0.05, 0) is 64.1 Å². The van der Waals surface area contributed by atoms with Gasteiger partial charge in [0, 0.05) is 23.5 Å². The summed E-state index contributed by atoms with van der Waals surface area (Å²) in [6.07, 6.45) is 4.17. The maximum Gasteiger partial charge on any atom is 0.0809 e. The lowest BCUT2D eigenvalue weighted by molar-refractivity contribution is 0.531. The molecule has 0 fully saturated rings. The van der Waals surface area contributed by atoms with Crippen LogP contribution in [0.3, 0.4) is 0 Å². The van der Waals surface area contributed by atoms with Crippen LogP contribution in [-0.4, -0.2) is 11.5 Å². The van der Waals surface area contributed by atoms with E-state index in [2.05, 4.69) is 62.8 Å². The Balaban J connectivity index is 1.86. The first-order valence-corrected chi connectivity index (χ1v) is 9.56. The van der Waals surface area contributed by atoms with E-state index in [9.17, 15) is 0 Å². The highest BCUT2D eigenvalue weighted by Crippen LogP contribution is 2.29. The molecule has 3 aromatic heterocycles. The van der Waals surface area contributed by atoms with Gasteiger partial charge in [0.1, 0.15) is 0 Å². The number of aromatic nitrogens is 1. The normalized spacial score (nSPS) is 12.9. The minimum Gasteiger partial charge on any atom is -0.310 e. The summed E-state index contributed by atoms with van der Waals surface area (Å²) >= 11 is 7.11. The molecule has 0 aromatic carbocycles. The molecule has 0 aliphatic rings. The predicted molar refractivity (Wildman–Crippen MR) is 96.4 cm³/mol. The second kappa shape index (κ2) is 7.01. The average Bonchev–Trinajstić information content (AvgIpc) is 3.11. The molecule has 2 nitrogen and oxygen atoms in total. The van der Waals surface area contributed by atoms with E-state index in [0.29, 0.717) is 6.04 Å². The topological polar surface area (TPSA) is 24.9 Å². The molecule has 3 heterocycles. The summed E-state index contributed by atoms with van der Waals surface area (Å²) in [7, 11) is 0. The van der Waals surface area contributed by atoms with E-state index >= 15 is 0 Å². The predicted octanol–water partition coefficient (Wildman–Crippen LogP) is 5.40. The van der Waals surface area contributed by atoms with Gasteiger partial charge in [-0.2, -0.15) is 0 Å². The molecule has 0 amide bonds. The highest BCUT2D eigenvalue weighted by Gasteiger charge is 2.14. The third-order valence-electron chi connectivity index (χ3n) is 3.40. The van der Waals surface area contributed by atoms with Crippen LogP contribution in [0, 0.1) is 0 Å². The van der Waals surface area contributed by atoms with Crippen molar-refractivity contribution in [1.82, 2.24) is 10.3 Å². The Hall–Kier alpha value is -0.750. The van der Waals surface area contributed by atoms with Crippen molar-refractivity contribution < 1.29 is 0 Å². The fraction of sp³-hybridized carbons (Fsp3) is 0.312. The Morgan fingerprint density at radius 3 is 3.00 bits per heavy atom. The fourth-order valence-electron chi connectivity index (χ4n) is 2.34. The van der Waals surface area contributed by atoms with Crippen LogP contribution in [0.2, 0.25) is 0 Å². The van der Waals surface area contributed by atoms with Gasteiger partial charge < -0.3 is 5.32 Å². The first-order valence-electron chi connectivity index (χ1n) is 7.07. The van der Waals surface area contributed by atoms with Gasteiger partial charge in [-0.25, -0.2) is 0 Å². The van der Waals surface area contributed by atoms with Crippen molar-refractivity contribution in [3.8, 4) is 0 Å².